The highest BCUT2D eigenvalue weighted by Gasteiger charge is 2.15. The first-order valence-electron chi connectivity index (χ1n) is 7.71. The molecule has 3 aromatic rings. The predicted octanol–water partition coefficient (Wildman–Crippen LogP) is 3.16. The molecule has 0 N–H and O–H groups in total. The van der Waals surface area contributed by atoms with Crippen LogP contribution in [0.2, 0.25) is 0 Å². The van der Waals surface area contributed by atoms with Crippen LogP contribution in [0.5, 0.6) is 5.75 Å². The molecule has 0 aliphatic carbocycles. The van der Waals surface area contributed by atoms with E-state index >= 15 is 0 Å². The Bertz CT molecular complexity index is 1150. The summed E-state index contributed by atoms with van der Waals surface area (Å²) in [4.78, 5) is 0.162. The summed E-state index contributed by atoms with van der Waals surface area (Å²) in [7, 11) is -3.99. The third-order valence-electron chi connectivity index (χ3n) is 3.52. The highest BCUT2D eigenvalue weighted by atomic mass is 32.2. The molecule has 0 atom stereocenters. The summed E-state index contributed by atoms with van der Waals surface area (Å²) in [6, 6.07) is 9.95. The van der Waals surface area contributed by atoms with Crippen LogP contribution in [0.1, 0.15) is 6.92 Å². The van der Waals surface area contributed by atoms with Crippen LogP contribution in [0.3, 0.4) is 0 Å². The van der Waals surface area contributed by atoms with Crippen molar-refractivity contribution in [3.05, 3.63) is 53.1 Å². The summed E-state index contributed by atoms with van der Waals surface area (Å²) in [6.45, 7) is 2.58. The Morgan fingerprint density at radius 2 is 2.00 bits per heavy atom. The van der Waals surface area contributed by atoms with Gasteiger partial charge in [-0.3, -0.25) is 0 Å². The van der Waals surface area contributed by atoms with Gasteiger partial charge in [-0.25, -0.2) is 4.39 Å². The minimum Gasteiger partial charge on any atom is -0.494 e. The average Bonchev–Trinajstić information content (AvgIpc) is 2.92. The van der Waals surface area contributed by atoms with Crippen LogP contribution in [0.25, 0.3) is 10.2 Å². The molecule has 26 heavy (non-hydrogen) atoms. The van der Waals surface area contributed by atoms with Crippen LogP contribution in [-0.2, 0) is 16.6 Å². The second-order valence-electron chi connectivity index (χ2n) is 5.26. The largest absolute Gasteiger partial charge is 0.494 e. The number of fused-ring (bicyclic) bond motifs is 1. The molecule has 5 nitrogen and oxygen atoms in total. The molecule has 134 valence electrons. The van der Waals surface area contributed by atoms with Crippen molar-refractivity contribution in [2.75, 3.05) is 6.61 Å². The highest BCUT2D eigenvalue weighted by molar-refractivity contribution is 7.90. The standard InChI is InChI=1S/C18H15FN2O3S2/c1-3-11-21-16-10-7-14(24-4-2)12-17(16)25-18(21)20-26(22,23)15-8-5-13(19)6-9-15/h1,5-10,12H,4,11H2,2H3/b20-18-. The van der Waals surface area contributed by atoms with Crippen molar-refractivity contribution < 1.29 is 17.5 Å². The van der Waals surface area contributed by atoms with Crippen molar-refractivity contribution in [2.24, 2.45) is 4.40 Å². The van der Waals surface area contributed by atoms with E-state index in [-0.39, 0.29) is 16.2 Å². The number of thiazole rings is 1. The van der Waals surface area contributed by atoms with E-state index in [9.17, 15) is 12.8 Å². The molecule has 1 heterocycles. The van der Waals surface area contributed by atoms with E-state index < -0.39 is 15.8 Å². The number of nitrogens with zero attached hydrogens (tertiary/aromatic N) is 2. The normalized spacial score (nSPS) is 12.3. The maximum atomic E-state index is 13.0. The summed E-state index contributed by atoms with van der Waals surface area (Å²) >= 11 is 1.20. The first kappa shape index (κ1) is 18.2. The number of sulfonamides is 1. The number of rotatable bonds is 5. The number of ether oxygens (including phenoxy) is 1. The molecular weight excluding hydrogens is 375 g/mol. The van der Waals surface area contributed by atoms with Gasteiger partial charge in [0.15, 0.2) is 0 Å². The quantitative estimate of drug-likeness (QED) is 0.629. The minimum atomic E-state index is -3.99. The predicted molar refractivity (Wildman–Crippen MR) is 99.0 cm³/mol. The van der Waals surface area contributed by atoms with E-state index in [1.807, 2.05) is 19.1 Å². The van der Waals surface area contributed by atoms with E-state index in [2.05, 4.69) is 10.3 Å². The van der Waals surface area contributed by atoms with Crippen molar-refractivity contribution in [1.82, 2.24) is 4.57 Å². The van der Waals surface area contributed by atoms with Gasteiger partial charge in [-0.2, -0.15) is 8.42 Å². The summed E-state index contributed by atoms with van der Waals surface area (Å²) in [6.07, 6.45) is 5.43. The van der Waals surface area contributed by atoms with Crippen molar-refractivity contribution >= 4 is 31.6 Å². The van der Waals surface area contributed by atoms with Crippen LogP contribution >= 0.6 is 11.3 Å². The first-order chi connectivity index (χ1) is 12.4. The highest BCUT2D eigenvalue weighted by Crippen LogP contribution is 2.24. The van der Waals surface area contributed by atoms with Crippen LogP contribution in [0, 0.1) is 18.2 Å². The summed E-state index contributed by atoms with van der Waals surface area (Å²) in [5, 5.41) is 0. The van der Waals surface area contributed by atoms with Gasteiger partial charge in [0, 0.05) is 0 Å². The van der Waals surface area contributed by atoms with E-state index in [1.54, 1.807) is 10.6 Å². The van der Waals surface area contributed by atoms with Gasteiger partial charge in [0.2, 0.25) is 4.80 Å². The zero-order valence-electron chi connectivity index (χ0n) is 13.8. The van der Waals surface area contributed by atoms with Gasteiger partial charge in [0.1, 0.15) is 11.6 Å². The third kappa shape index (κ3) is 3.64. The van der Waals surface area contributed by atoms with Crippen molar-refractivity contribution in [3.8, 4) is 18.1 Å². The maximum Gasteiger partial charge on any atom is 0.285 e. The molecule has 0 aliphatic rings. The lowest BCUT2D eigenvalue weighted by atomic mass is 10.3. The van der Waals surface area contributed by atoms with Gasteiger partial charge >= 0.3 is 0 Å². The van der Waals surface area contributed by atoms with Crippen molar-refractivity contribution in [2.45, 2.75) is 18.4 Å². The van der Waals surface area contributed by atoms with Gasteiger partial charge in [-0.05, 0) is 49.4 Å². The van der Waals surface area contributed by atoms with Gasteiger partial charge in [0.25, 0.3) is 10.0 Å². The van der Waals surface area contributed by atoms with Gasteiger partial charge in [0.05, 0.1) is 28.3 Å². The van der Waals surface area contributed by atoms with Gasteiger partial charge in [-0.1, -0.05) is 17.3 Å². The molecule has 3 rings (SSSR count). The molecule has 1 aromatic heterocycles. The van der Waals surface area contributed by atoms with E-state index in [0.29, 0.717) is 12.4 Å². The molecule has 0 spiro atoms. The zero-order valence-corrected chi connectivity index (χ0v) is 15.5. The molecule has 0 amide bonds. The summed E-state index contributed by atoms with van der Waals surface area (Å²) in [5.74, 6) is 2.67. The second-order valence-corrected chi connectivity index (χ2v) is 7.87. The lowest BCUT2D eigenvalue weighted by Gasteiger charge is -2.03. The van der Waals surface area contributed by atoms with E-state index in [0.717, 1.165) is 22.3 Å². The van der Waals surface area contributed by atoms with Crippen molar-refractivity contribution in [1.29, 1.82) is 0 Å². The Kier molecular flexibility index (Phi) is 5.11. The number of hydrogen-bond donors (Lipinski definition) is 0. The molecule has 0 fully saturated rings. The van der Waals surface area contributed by atoms with Crippen LogP contribution in [0.15, 0.2) is 51.8 Å². The second kappa shape index (κ2) is 7.32. The molecule has 0 aliphatic heterocycles. The molecule has 8 heteroatoms. The Balaban J connectivity index is 2.19. The fraction of sp³-hybridized carbons (Fsp3) is 0.167. The lowest BCUT2D eigenvalue weighted by Crippen LogP contribution is -2.16. The SMILES string of the molecule is C#CCn1/c(=N/S(=O)(=O)c2ccc(F)cc2)sc2cc(OCC)ccc21. The van der Waals surface area contributed by atoms with Crippen LogP contribution in [0.4, 0.5) is 4.39 Å². The number of benzene rings is 2. The Morgan fingerprint density at radius 1 is 1.27 bits per heavy atom. The summed E-state index contributed by atoms with van der Waals surface area (Å²) < 4.78 is 50.0. The molecule has 0 saturated heterocycles. The Hall–Kier alpha value is -2.63. The fourth-order valence-electron chi connectivity index (χ4n) is 2.39. The van der Waals surface area contributed by atoms with Gasteiger partial charge in [-0.15, -0.1) is 10.8 Å². The van der Waals surface area contributed by atoms with Crippen molar-refractivity contribution in [3.63, 3.8) is 0 Å². The minimum absolute atomic E-state index is 0.0846. The third-order valence-corrected chi connectivity index (χ3v) is 5.96. The number of terminal acetylenes is 1. The monoisotopic (exact) mass is 390 g/mol. The Labute approximate surface area is 154 Å². The smallest absolute Gasteiger partial charge is 0.285 e. The first-order valence-corrected chi connectivity index (χ1v) is 9.96. The molecule has 0 radical (unpaired) electrons. The van der Waals surface area contributed by atoms with E-state index in [4.69, 9.17) is 11.2 Å². The number of hydrogen-bond acceptors (Lipinski definition) is 4. The van der Waals surface area contributed by atoms with Crippen LogP contribution < -0.4 is 9.54 Å². The molecule has 0 saturated carbocycles. The zero-order chi connectivity index (χ0) is 18.7. The Morgan fingerprint density at radius 3 is 2.65 bits per heavy atom. The topological polar surface area (TPSA) is 60.7 Å². The number of halogens is 1. The number of aromatic nitrogens is 1. The fourth-order valence-corrected chi connectivity index (χ4v) is 4.65. The van der Waals surface area contributed by atoms with E-state index in [1.165, 1.54) is 23.5 Å². The summed E-state index contributed by atoms with van der Waals surface area (Å²) in [5.41, 5.74) is 0.768. The molecule has 0 bridgehead atoms. The molecule has 2 aromatic carbocycles. The molecular formula is C18H15FN2O3S2. The average molecular weight is 390 g/mol. The molecule has 0 unspecified atom stereocenters. The maximum absolute atomic E-state index is 13.0. The van der Waals surface area contributed by atoms with Gasteiger partial charge < -0.3 is 9.30 Å². The lowest BCUT2D eigenvalue weighted by molar-refractivity contribution is 0.341. The van der Waals surface area contributed by atoms with Crippen LogP contribution in [-0.4, -0.2) is 19.6 Å².